The molecular formula is C7H7NO. The zero-order valence-electron chi connectivity index (χ0n) is 4.95. The molecule has 0 spiro atoms. The van der Waals surface area contributed by atoms with Gasteiger partial charge in [0.15, 0.2) is 6.29 Å². The number of aliphatic imine (C=N–C) groups is 1. The van der Waals surface area contributed by atoms with Crippen LogP contribution in [0.3, 0.4) is 0 Å². The third-order valence-corrected chi connectivity index (χ3v) is 1.02. The second kappa shape index (κ2) is 2.97. The largest absolute Gasteiger partial charge is 0.298 e. The molecule has 0 N–H and O–H groups in total. The first-order chi connectivity index (χ1) is 4.43. The normalized spacial score (nSPS) is 16.7. The second-order valence-electron chi connectivity index (χ2n) is 1.72. The Hall–Kier alpha value is -1.18. The third kappa shape index (κ3) is 1.64. The van der Waals surface area contributed by atoms with Crippen LogP contribution in [-0.2, 0) is 4.79 Å². The maximum absolute atomic E-state index is 10.1. The number of rotatable bonds is 1. The van der Waals surface area contributed by atoms with Crippen LogP contribution in [0, 0.1) is 0 Å². The van der Waals surface area contributed by atoms with E-state index < -0.39 is 0 Å². The van der Waals surface area contributed by atoms with Gasteiger partial charge in [0.05, 0.1) is 0 Å². The average molecular weight is 121 g/mol. The van der Waals surface area contributed by atoms with Gasteiger partial charge in [-0.05, 0) is 0 Å². The van der Waals surface area contributed by atoms with Gasteiger partial charge in [0.25, 0.3) is 0 Å². The summed E-state index contributed by atoms with van der Waals surface area (Å²) in [7, 11) is 0. The van der Waals surface area contributed by atoms with E-state index in [1.54, 1.807) is 18.5 Å². The Morgan fingerprint density at radius 1 is 1.67 bits per heavy atom. The van der Waals surface area contributed by atoms with Crippen LogP contribution < -0.4 is 0 Å². The monoisotopic (exact) mass is 121 g/mol. The molecule has 0 unspecified atom stereocenters. The molecule has 0 aliphatic carbocycles. The van der Waals surface area contributed by atoms with Crippen LogP contribution in [0.4, 0.5) is 0 Å². The fourth-order valence-electron chi connectivity index (χ4n) is 0.577. The van der Waals surface area contributed by atoms with Crippen molar-refractivity contribution in [2.45, 2.75) is 6.42 Å². The molecule has 1 rings (SSSR count). The van der Waals surface area contributed by atoms with Crippen LogP contribution in [-0.4, -0.2) is 12.5 Å². The summed E-state index contributed by atoms with van der Waals surface area (Å²) in [5.74, 6) is 0. The van der Waals surface area contributed by atoms with Crippen molar-refractivity contribution in [2.75, 3.05) is 0 Å². The predicted molar refractivity (Wildman–Crippen MR) is 36.4 cm³/mol. The fourth-order valence-corrected chi connectivity index (χ4v) is 0.577. The molecule has 1 aliphatic heterocycles. The summed E-state index contributed by atoms with van der Waals surface area (Å²) in [5.41, 5.74) is 0.628. The van der Waals surface area contributed by atoms with E-state index >= 15 is 0 Å². The van der Waals surface area contributed by atoms with E-state index in [0.717, 1.165) is 12.7 Å². The molecule has 0 atom stereocenters. The minimum absolute atomic E-state index is 0.628. The Morgan fingerprint density at radius 2 is 2.56 bits per heavy atom. The lowest BCUT2D eigenvalue weighted by molar-refractivity contribution is -0.104. The van der Waals surface area contributed by atoms with Gasteiger partial charge in [-0.25, -0.2) is 0 Å². The molecule has 0 radical (unpaired) electrons. The molecule has 0 bridgehead atoms. The summed E-state index contributed by atoms with van der Waals surface area (Å²) in [5, 5.41) is 0. The minimum Gasteiger partial charge on any atom is -0.298 e. The zero-order valence-corrected chi connectivity index (χ0v) is 4.95. The number of carbonyl (C=O) groups is 1. The highest BCUT2D eigenvalue weighted by atomic mass is 16.1. The lowest BCUT2D eigenvalue weighted by atomic mass is 10.3. The molecule has 0 saturated carbocycles. The Labute approximate surface area is 53.6 Å². The van der Waals surface area contributed by atoms with Crippen molar-refractivity contribution in [3.8, 4) is 0 Å². The molecule has 0 saturated heterocycles. The summed E-state index contributed by atoms with van der Waals surface area (Å²) in [6.07, 6.45) is 8.58. The highest BCUT2D eigenvalue weighted by Gasteiger charge is 1.87. The molecular weight excluding hydrogens is 114 g/mol. The van der Waals surface area contributed by atoms with Crippen molar-refractivity contribution in [2.24, 2.45) is 4.99 Å². The predicted octanol–water partition coefficient (Wildman–Crippen LogP) is 1.10. The van der Waals surface area contributed by atoms with Crippen molar-refractivity contribution < 1.29 is 4.79 Å². The van der Waals surface area contributed by atoms with Crippen molar-refractivity contribution >= 4 is 12.5 Å². The van der Waals surface area contributed by atoms with Crippen LogP contribution in [0.15, 0.2) is 28.9 Å². The van der Waals surface area contributed by atoms with E-state index in [1.807, 2.05) is 6.08 Å². The third-order valence-electron chi connectivity index (χ3n) is 1.02. The molecule has 46 valence electrons. The lowest BCUT2D eigenvalue weighted by Gasteiger charge is -1.79. The Bertz CT molecular complexity index is 189. The van der Waals surface area contributed by atoms with Gasteiger partial charge in [0.2, 0.25) is 0 Å². The van der Waals surface area contributed by atoms with Crippen molar-refractivity contribution in [3.05, 3.63) is 23.9 Å². The van der Waals surface area contributed by atoms with Crippen molar-refractivity contribution in [1.82, 2.24) is 0 Å². The van der Waals surface area contributed by atoms with E-state index in [9.17, 15) is 4.79 Å². The molecule has 1 heterocycles. The summed E-state index contributed by atoms with van der Waals surface area (Å²) < 4.78 is 0. The van der Waals surface area contributed by atoms with E-state index in [2.05, 4.69) is 4.99 Å². The SMILES string of the molecule is O=CC1=CN=CCC=C1. The summed E-state index contributed by atoms with van der Waals surface area (Å²) in [6.45, 7) is 0. The standard InChI is InChI=1S/C7H7NO/c9-6-7-3-1-2-4-8-5-7/h1,3-6H,2H2. The number of aldehydes is 1. The van der Waals surface area contributed by atoms with Gasteiger partial charge in [-0.3, -0.25) is 9.79 Å². The van der Waals surface area contributed by atoms with Gasteiger partial charge in [-0.15, -0.1) is 0 Å². The molecule has 1 aliphatic rings. The van der Waals surface area contributed by atoms with Crippen LogP contribution >= 0.6 is 0 Å². The Balaban J connectivity index is 2.78. The Kier molecular flexibility index (Phi) is 1.96. The summed E-state index contributed by atoms with van der Waals surface area (Å²) >= 11 is 0. The van der Waals surface area contributed by atoms with Crippen molar-refractivity contribution in [1.29, 1.82) is 0 Å². The number of hydrogen-bond acceptors (Lipinski definition) is 2. The first-order valence-electron chi connectivity index (χ1n) is 2.77. The van der Waals surface area contributed by atoms with E-state index in [4.69, 9.17) is 0 Å². The zero-order chi connectivity index (χ0) is 6.53. The fraction of sp³-hybridized carbons (Fsp3) is 0.143. The van der Waals surface area contributed by atoms with Crippen LogP contribution in [0.1, 0.15) is 6.42 Å². The highest BCUT2D eigenvalue weighted by Crippen LogP contribution is 1.97. The average Bonchev–Trinajstić information content (AvgIpc) is 2.13. The van der Waals surface area contributed by atoms with E-state index in [-0.39, 0.29) is 0 Å². The topological polar surface area (TPSA) is 29.4 Å². The van der Waals surface area contributed by atoms with Gasteiger partial charge >= 0.3 is 0 Å². The molecule has 2 heteroatoms. The smallest absolute Gasteiger partial charge is 0.151 e. The summed E-state index contributed by atoms with van der Waals surface area (Å²) in [4.78, 5) is 14.0. The quantitative estimate of drug-likeness (QED) is 0.477. The highest BCUT2D eigenvalue weighted by molar-refractivity contribution is 5.79. The number of hydrogen-bond donors (Lipinski definition) is 0. The summed E-state index contributed by atoms with van der Waals surface area (Å²) in [6, 6.07) is 0. The van der Waals surface area contributed by atoms with Gasteiger partial charge in [-0.1, -0.05) is 12.2 Å². The molecule has 0 aromatic carbocycles. The lowest BCUT2D eigenvalue weighted by Crippen LogP contribution is -1.74. The Morgan fingerprint density at radius 3 is 3.33 bits per heavy atom. The molecule has 0 aromatic heterocycles. The van der Waals surface area contributed by atoms with Crippen LogP contribution in [0.2, 0.25) is 0 Å². The number of nitrogens with zero attached hydrogens (tertiary/aromatic N) is 1. The van der Waals surface area contributed by atoms with E-state index in [0.29, 0.717) is 5.57 Å². The second-order valence-corrected chi connectivity index (χ2v) is 1.72. The van der Waals surface area contributed by atoms with Crippen LogP contribution in [0.5, 0.6) is 0 Å². The molecule has 0 aromatic rings. The van der Waals surface area contributed by atoms with Crippen LogP contribution in [0.25, 0.3) is 0 Å². The maximum Gasteiger partial charge on any atom is 0.151 e. The number of allylic oxidation sites excluding steroid dienone is 3. The minimum atomic E-state index is 0.628. The van der Waals surface area contributed by atoms with E-state index in [1.165, 1.54) is 0 Å². The number of carbonyl (C=O) groups excluding carboxylic acids is 1. The molecule has 0 fully saturated rings. The molecule has 2 nitrogen and oxygen atoms in total. The maximum atomic E-state index is 10.1. The van der Waals surface area contributed by atoms with Gasteiger partial charge in [-0.2, -0.15) is 0 Å². The van der Waals surface area contributed by atoms with Gasteiger partial charge < -0.3 is 0 Å². The molecule has 0 amide bonds. The molecule has 9 heavy (non-hydrogen) atoms. The van der Waals surface area contributed by atoms with Gasteiger partial charge in [0.1, 0.15) is 0 Å². The van der Waals surface area contributed by atoms with Crippen molar-refractivity contribution in [3.63, 3.8) is 0 Å². The first kappa shape index (κ1) is 5.95. The van der Waals surface area contributed by atoms with Gasteiger partial charge in [0, 0.05) is 24.4 Å². The first-order valence-corrected chi connectivity index (χ1v) is 2.77.